The number of anilines is 1. The molecule has 0 aliphatic heterocycles. The fourth-order valence-corrected chi connectivity index (χ4v) is 7.36. The van der Waals surface area contributed by atoms with Gasteiger partial charge in [-0.1, -0.05) is 25.8 Å². The van der Waals surface area contributed by atoms with E-state index in [0.29, 0.717) is 27.7 Å². The van der Waals surface area contributed by atoms with Crippen LogP contribution in [0.2, 0.25) is 0 Å². The van der Waals surface area contributed by atoms with E-state index in [0.717, 1.165) is 30.3 Å². The Labute approximate surface area is 327 Å². The fourth-order valence-electron chi connectivity index (χ4n) is 5.19. The van der Waals surface area contributed by atoms with Gasteiger partial charge in [0.05, 0.1) is 21.7 Å². The molecule has 0 bridgehead atoms. The number of hydrogen-bond donors (Lipinski definition) is 6. The lowest BCUT2D eigenvalue weighted by Crippen LogP contribution is -2.02. The van der Waals surface area contributed by atoms with Gasteiger partial charge in [0.25, 0.3) is 40.5 Å². The van der Waals surface area contributed by atoms with Gasteiger partial charge >= 0.3 is 0 Å². The van der Waals surface area contributed by atoms with Crippen LogP contribution < -0.4 is 5.73 Å². The number of nitrogens with two attached hydrogens (primary N) is 1. The van der Waals surface area contributed by atoms with Crippen LogP contribution in [0.1, 0.15) is 36.1 Å². The van der Waals surface area contributed by atoms with Crippen molar-refractivity contribution in [3.05, 3.63) is 113 Å². The predicted molar refractivity (Wildman–Crippen MR) is 213 cm³/mol. The molecular formula is C35H33N5O13S4. The monoisotopic (exact) mass is 859 g/mol. The summed E-state index contributed by atoms with van der Waals surface area (Å²) in [6.45, 7) is 16.2. The number of phenols is 1. The van der Waals surface area contributed by atoms with Crippen LogP contribution >= 0.6 is 0 Å². The molecule has 0 fully saturated rings. The molecule has 0 radical (unpaired) electrons. The summed E-state index contributed by atoms with van der Waals surface area (Å²) in [6.07, 6.45) is 2.34. The van der Waals surface area contributed by atoms with E-state index in [1.54, 1.807) is 32.1 Å². The highest BCUT2D eigenvalue weighted by Crippen LogP contribution is 2.43. The van der Waals surface area contributed by atoms with Crippen LogP contribution in [0.5, 0.6) is 5.75 Å². The summed E-state index contributed by atoms with van der Waals surface area (Å²) in [5, 5.41) is 27.3. The second-order valence-electron chi connectivity index (χ2n) is 12.3. The maximum absolute atomic E-state index is 12.2. The van der Waals surface area contributed by atoms with Crippen molar-refractivity contribution in [2.75, 3.05) is 5.73 Å². The van der Waals surface area contributed by atoms with Crippen LogP contribution in [0.15, 0.2) is 126 Å². The molecule has 0 saturated carbocycles. The van der Waals surface area contributed by atoms with Crippen molar-refractivity contribution in [3.63, 3.8) is 0 Å². The minimum Gasteiger partial charge on any atom is -0.505 e. The number of nitrogen functional groups attached to an aromatic ring is 1. The largest absolute Gasteiger partial charge is 0.505 e. The van der Waals surface area contributed by atoms with Gasteiger partial charge in [-0.25, -0.2) is 0 Å². The van der Waals surface area contributed by atoms with Crippen LogP contribution in [0.25, 0.3) is 28.0 Å². The van der Waals surface area contributed by atoms with E-state index >= 15 is 0 Å². The fraction of sp³-hybridized carbons (Fsp3) is 0.0857. The first-order chi connectivity index (χ1) is 26.1. The molecule has 0 saturated heterocycles. The maximum Gasteiger partial charge on any atom is 0.296 e. The number of benzene rings is 4. The smallest absolute Gasteiger partial charge is 0.296 e. The third-order valence-electron chi connectivity index (χ3n) is 7.96. The van der Waals surface area contributed by atoms with Crippen LogP contribution in [0.4, 0.5) is 22.7 Å². The quantitative estimate of drug-likeness (QED) is 0.0324. The molecular weight excluding hydrogens is 827 g/mol. The molecule has 300 valence electrons. The Morgan fingerprint density at radius 2 is 1.37 bits per heavy atom. The number of nitrogens with zero attached hydrogens (tertiary/aromatic N) is 4. The minimum absolute atomic E-state index is 0.0264. The first-order valence-corrected chi connectivity index (χ1v) is 21.4. The van der Waals surface area contributed by atoms with Gasteiger partial charge in [0.1, 0.15) is 21.2 Å². The normalized spacial score (nSPS) is 13.3. The van der Waals surface area contributed by atoms with Gasteiger partial charge in [-0.15, -0.1) is 10.2 Å². The molecule has 7 N–H and O–H groups in total. The Hall–Kier alpha value is -5.72. The van der Waals surface area contributed by atoms with Crippen molar-refractivity contribution < 1.29 is 57.0 Å². The van der Waals surface area contributed by atoms with Crippen molar-refractivity contribution in [1.82, 2.24) is 0 Å². The molecule has 4 rings (SSSR count). The second-order valence-corrected chi connectivity index (χ2v) is 17.8. The van der Waals surface area contributed by atoms with Gasteiger partial charge in [-0.2, -0.15) is 43.9 Å². The summed E-state index contributed by atoms with van der Waals surface area (Å²) in [5.74, 6) is -0.823. The molecule has 57 heavy (non-hydrogen) atoms. The van der Waals surface area contributed by atoms with Gasteiger partial charge < -0.3 is 10.8 Å². The molecule has 0 heterocycles. The van der Waals surface area contributed by atoms with E-state index in [9.17, 15) is 52.4 Å². The summed E-state index contributed by atoms with van der Waals surface area (Å²) < 4.78 is 133. The Morgan fingerprint density at radius 3 is 1.91 bits per heavy atom. The molecule has 0 unspecified atom stereocenters. The summed E-state index contributed by atoms with van der Waals surface area (Å²) in [7, 11) is -19.3. The van der Waals surface area contributed by atoms with Crippen LogP contribution in [0.3, 0.4) is 0 Å². The van der Waals surface area contributed by atoms with Gasteiger partial charge in [0.2, 0.25) is 0 Å². The first kappa shape index (κ1) is 44.0. The number of rotatable bonds is 13. The van der Waals surface area contributed by atoms with Crippen molar-refractivity contribution in [2.45, 2.75) is 35.5 Å². The molecule has 0 aliphatic carbocycles. The van der Waals surface area contributed by atoms with Crippen LogP contribution in [0, 0.1) is 6.92 Å². The van der Waals surface area contributed by atoms with Gasteiger partial charge in [0, 0.05) is 16.6 Å². The molecule has 0 aliphatic rings. The number of phenolic OH excluding ortho intramolecular Hbond substituents is 1. The van der Waals surface area contributed by atoms with E-state index in [1.165, 1.54) is 19.1 Å². The zero-order valence-electron chi connectivity index (χ0n) is 30.0. The van der Waals surface area contributed by atoms with Crippen molar-refractivity contribution in [3.8, 4) is 5.75 Å². The van der Waals surface area contributed by atoms with Crippen LogP contribution in [-0.4, -0.2) is 57.0 Å². The van der Waals surface area contributed by atoms with Gasteiger partial charge in [-0.05, 0) is 114 Å². The summed E-state index contributed by atoms with van der Waals surface area (Å²) in [5.41, 5.74) is 6.64. The van der Waals surface area contributed by atoms with Crippen molar-refractivity contribution >= 4 is 91.2 Å². The van der Waals surface area contributed by atoms with Gasteiger partial charge in [-0.3, -0.25) is 18.2 Å². The zero-order valence-corrected chi connectivity index (χ0v) is 33.2. The minimum atomic E-state index is -5.08. The van der Waals surface area contributed by atoms with Gasteiger partial charge in [0.15, 0.2) is 5.75 Å². The lowest BCUT2D eigenvalue weighted by atomic mass is 9.99. The molecule has 0 spiro atoms. The number of fused-ring (bicyclic) bond motifs is 1. The molecule has 0 aromatic heterocycles. The third kappa shape index (κ3) is 10.6. The molecule has 18 nitrogen and oxygen atoms in total. The summed E-state index contributed by atoms with van der Waals surface area (Å²) in [4.78, 5) is -2.24. The second kappa shape index (κ2) is 16.0. The molecule has 0 atom stereocenters. The Morgan fingerprint density at radius 1 is 0.754 bits per heavy atom. The van der Waals surface area contributed by atoms with E-state index < -0.39 is 66.6 Å². The Bertz CT molecular complexity index is 3010. The highest BCUT2D eigenvalue weighted by Gasteiger charge is 2.25. The van der Waals surface area contributed by atoms with E-state index in [2.05, 4.69) is 40.2 Å². The summed E-state index contributed by atoms with van der Waals surface area (Å²) in [6, 6.07) is 9.67. The molecule has 4 aromatic carbocycles. The van der Waals surface area contributed by atoms with E-state index in [-0.39, 0.29) is 50.2 Å². The maximum atomic E-state index is 12.2. The number of allylic oxidation sites excluding steroid dienone is 4. The zero-order chi connectivity index (χ0) is 43.0. The van der Waals surface area contributed by atoms with Crippen LogP contribution in [-0.2, 0) is 40.5 Å². The topological polar surface area (TPSA) is 313 Å². The highest BCUT2D eigenvalue weighted by atomic mass is 32.2. The Kier molecular flexibility index (Phi) is 12.4. The standard InChI is InChI=1S/C35H33N5O13S4/c1-18(2)33-24(9-10-54(42,43)44)14-32(57(51,52)53)34(35(33)41)40-37-22(6)19(3)11-20(4)23-7-8-29(21(5)12-23)38-39-30-17-27-25(15-31(30)56(48,49)50)13-26(16-28(27)36)55(45,46)47/h7-17,41H,1,4,6,36H2,2-3,5H3,(H,42,43,44)(H,45,46,47)(H,48,49,50)(H,51,52,53)/b10-9+,19-11-,39-38?,40-37?. The molecule has 0 amide bonds. The van der Waals surface area contributed by atoms with E-state index in [1.807, 2.05) is 0 Å². The molecule has 4 aromatic rings. The number of aromatic hydroxyl groups is 1. The number of hydrogen-bond acceptors (Lipinski definition) is 14. The average molecular weight is 860 g/mol. The summed E-state index contributed by atoms with van der Waals surface area (Å²) >= 11 is 0. The van der Waals surface area contributed by atoms with Crippen molar-refractivity contribution in [2.24, 2.45) is 20.5 Å². The number of aryl methyl sites for hydroxylation is 1. The SMILES string of the molecule is C=C(N=Nc1c(S(=O)(=O)O)cc(/C=C/S(=O)(=O)O)c(C(=C)C)c1O)/C(C)=C\C(=C)c1ccc(N=Nc2cc3c(N)cc(S(=O)(=O)O)cc3cc2S(=O)(=O)O)c(C)c1. The first-order valence-electron chi connectivity index (χ1n) is 15.6. The third-order valence-corrected chi connectivity index (χ3v) is 11.0. The Balaban J connectivity index is 1.65. The lowest BCUT2D eigenvalue weighted by molar-refractivity contribution is 0.466. The highest BCUT2D eigenvalue weighted by molar-refractivity contribution is 7.89. The van der Waals surface area contributed by atoms with Crippen molar-refractivity contribution in [1.29, 1.82) is 0 Å². The van der Waals surface area contributed by atoms with E-state index in [4.69, 9.17) is 10.3 Å². The molecule has 22 heteroatoms. The predicted octanol–water partition coefficient (Wildman–Crippen LogP) is 7.74. The number of azo groups is 2. The lowest BCUT2D eigenvalue weighted by Gasteiger charge is -2.14. The average Bonchev–Trinajstić information content (AvgIpc) is 3.07.